The maximum absolute atomic E-state index is 13.9. The Morgan fingerprint density at radius 3 is 2.25 bits per heavy atom. The van der Waals surface area contributed by atoms with Gasteiger partial charge in [-0.2, -0.15) is 4.31 Å². The number of rotatable bonds is 5. The summed E-state index contributed by atoms with van der Waals surface area (Å²) in [7, 11) is -3.43. The summed E-state index contributed by atoms with van der Waals surface area (Å²) in [5, 5.41) is 0. The van der Waals surface area contributed by atoms with Crippen LogP contribution in [0.15, 0.2) is 60.7 Å². The SMILES string of the molecule is CC(=CC(=O)N1CCN(S(=O)(=O)Cc2ccccc2)CC1)c1ccccc1F. The number of amides is 1. The van der Waals surface area contributed by atoms with Crippen LogP contribution in [0.2, 0.25) is 0 Å². The number of benzene rings is 2. The monoisotopic (exact) mass is 402 g/mol. The van der Waals surface area contributed by atoms with Gasteiger partial charge in [0.05, 0.1) is 5.75 Å². The van der Waals surface area contributed by atoms with Gasteiger partial charge in [-0.15, -0.1) is 0 Å². The molecule has 1 amide bonds. The van der Waals surface area contributed by atoms with Crippen LogP contribution in [-0.4, -0.2) is 49.7 Å². The zero-order chi connectivity index (χ0) is 20.1. The summed E-state index contributed by atoms with van der Waals surface area (Å²) in [4.78, 5) is 14.1. The van der Waals surface area contributed by atoms with Crippen molar-refractivity contribution in [3.05, 3.63) is 77.6 Å². The fourth-order valence-corrected chi connectivity index (χ4v) is 4.71. The van der Waals surface area contributed by atoms with Crippen LogP contribution in [-0.2, 0) is 20.6 Å². The Morgan fingerprint density at radius 1 is 1.00 bits per heavy atom. The first kappa shape index (κ1) is 20.2. The van der Waals surface area contributed by atoms with Crippen molar-refractivity contribution < 1.29 is 17.6 Å². The molecule has 0 aliphatic carbocycles. The standard InChI is InChI=1S/C21H23FN2O3S/c1-17(19-9-5-6-10-20(19)22)15-21(25)23-11-13-24(14-12-23)28(26,27)16-18-7-3-2-4-8-18/h2-10,15H,11-14,16H2,1H3. The van der Waals surface area contributed by atoms with E-state index >= 15 is 0 Å². The van der Waals surface area contributed by atoms with Gasteiger partial charge in [0.2, 0.25) is 15.9 Å². The number of carbonyl (C=O) groups is 1. The smallest absolute Gasteiger partial charge is 0.246 e. The van der Waals surface area contributed by atoms with Gasteiger partial charge < -0.3 is 4.90 Å². The Hall–Kier alpha value is -2.51. The Morgan fingerprint density at radius 2 is 1.61 bits per heavy atom. The van der Waals surface area contributed by atoms with Gasteiger partial charge in [0.25, 0.3) is 0 Å². The number of carbonyl (C=O) groups excluding carboxylic acids is 1. The number of halogens is 1. The quantitative estimate of drug-likeness (QED) is 0.723. The molecule has 7 heteroatoms. The minimum Gasteiger partial charge on any atom is -0.337 e. The molecule has 1 heterocycles. The normalized spacial score (nSPS) is 16.2. The molecule has 1 aliphatic rings. The molecule has 0 unspecified atom stereocenters. The van der Waals surface area contributed by atoms with Gasteiger partial charge in [0, 0.05) is 37.8 Å². The van der Waals surface area contributed by atoms with Crippen molar-refractivity contribution in [1.82, 2.24) is 9.21 Å². The molecule has 3 rings (SSSR count). The Bertz CT molecular complexity index is 966. The molecule has 1 fully saturated rings. The van der Waals surface area contributed by atoms with Gasteiger partial charge in [0.1, 0.15) is 5.82 Å². The predicted octanol–water partition coefficient (Wildman–Crippen LogP) is 2.90. The third-order valence-corrected chi connectivity index (χ3v) is 6.62. The molecule has 0 spiro atoms. The highest BCUT2D eigenvalue weighted by atomic mass is 32.2. The van der Waals surface area contributed by atoms with Gasteiger partial charge in [-0.1, -0.05) is 48.5 Å². The third kappa shape index (κ3) is 4.85. The van der Waals surface area contributed by atoms with Gasteiger partial charge in [-0.3, -0.25) is 4.79 Å². The minimum absolute atomic E-state index is 0.0475. The van der Waals surface area contributed by atoms with E-state index in [4.69, 9.17) is 0 Å². The molecule has 28 heavy (non-hydrogen) atoms. The second-order valence-corrected chi connectivity index (χ2v) is 8.74. The zero-order valence-corrected chi connectivity index (χ0v) is 16.5. The second-order valence-electron chi connectivity index (χ2n) is 6.77. The molecule has 148 valence electrons. The van der Waals surface area contributed by atoms with Gasteiger partial charge in [-0.05, 0) is 24.1 Å². The molecular formula is C21H23FN2O3S. The van der Waals surface area contributed by atoms with Crippen molar-refractivity contribution >= 4 is 21.5 Å². The van der Waals surface area contributed by atoms with Crippen LogP contribution < -0.4 is 0 Å². The van der Waals surface area contributed by atoms with Crippen molar-refractivity contribution in [2.45, 2.75) is 12.7 Å². The van der Waals surface area contributed by atoms with E-state index in [1.165, 1.54) is 16.4 Å². The Kier molecular flexibility index (Phi) is 6.26. The highest BCUT2D eigenvalue weighted by Gasteiger charge is 2.28. The molecule has 0 radical (unpaired) electrons. The first-order valence-electron chi connectivity index (χ1n) is 9.11. The van der Waals surface area contributed by atoms with Crippen molar-refractivity contribution in [2.24, 2.45) is 0 Å². The maximum Gasteiger partial charge on any atom is 0.246 e. The van der Waals surface area contributed by atoms with Crippen LogP contribution in [0.4, 0.5) is 4.39 Å². The average Bonchev–Trinajstić information content (AvgIpc) is 2.69. The van der Waals surface area contributed by atoms with E-state index in [2.05, 4.69) is 0 Å². The lowest BCUT2D eigenvalue weighted by Gasteiger charge is -2.33. The summed E-state index contributed by atoms with van der Waals surface area (Å²) in [6.45, 7) is 2.83. The number of nitrogens with zero attached hydrogens (tertiary/aromatic N) is 2. The number of hydrogen-bond acceptors (Lipinski definition) is 3. The largest absolute Gasteiger partial charge is 0.337 e. The van der Waals surface area contributed by atoms with Crippen LogP contribution in [0.1, 0.15) is 18.1 Å². The number of allylic oxidation sites excluding steroid dienone is 1. The van der Waals surface area contributed by atoms with E-state index in [1.54, 1.807) is 42.2 Å². The first-order chi connectivity index (χ1) is 13.4. The lowest BCUT2D eigenvalue weighted by molar-refractivity contribution is -0.127. The van der Waals surface area contributed by atoms with Crippen LogP contribution in [0.25, 0.3) is 5.57 Å². The van der Waals surface area contributed by atoms with E-state index in [1.807, 2.05) is 18.2 Å². The van der Waals surface area contributed by atoms with Gasteiger partial charge in [0.15, 0.2) is 0 Å². The minimum atomic E-state index is -3.43. The zero-order valence-electron chi connectivity index (χ0n) is 15.7. The molecule has 1 saturated heterocycles. The molecule has 0 N–H and O–H groups in total. The molecule has 1 aliphatic heterocycles. The lowest BCUT2D eigenvalue weighted by atomic mass is 10.1. The molecule has 0 saturated carbocycles. The molecular weight excluding hydrogens is 379 g/mol. The summed E-state index contributed by atoms with van der Waals surface area (Å²) >= 11 is 0. The van der Waals surface area contributed by atoms with Crippen LogP contribution in [0, 0.1) is 5.82 Å². The van der Waals surface area contributed by atoms with Gasteiger partial charge >= 0.3 is 0 Å². The van der Waals surface area contributed by atoms with Crippen LogP contribution in [0.3, 0.4) is 0 Å². The summed E-state index contributed by atoms with van der Waals surface area (Å²) in [6.07, 6.45) is 1.41. The molecule has 0 atom stereocenters. The topological polar surface area (TPSA) is 57.7 Å². The fraction of sp³-hybridized carbons (Fsp3) is 0.286. The van der Waals surface area contributed by atoms with E-state index in [-0.39, 0.29) is 30.6 Å². The molecule has 2 aromatic rings. The van der Waals surface area contributed by atoms with Crippen molar-refractivity contribution in [1.29, 1.82) is 0 Å². The second kappa shape index (κ2) is 8.67. The van der Waals surface area contributed by atoms with Gasteiger partial charge in [-0.25, -0.2) is 12.8 Å². The summed E-state index contributed by atoms with van der Waals surface area (Å²) < 4.78 is 40.5. The number of sulfonamides is 1. The van der Waals surface area contributed by atoms with Crippen LogP contribution in [0.5, 0.6) is 0 Å². The predicted molar refractivity (Wildman–Crippen MR) is 107 cm³/mol. The molecule has 5 nitrogen and oxygen atoms in total. The first-order valence-corrected chi connectivity index (χ1v) is 10.7. The van der Waals surface area contributed by atoms with Crippen molar-refractivity contribution in [3.8, 4) is 0 Å². The highest BCUT2D eigenvalue weighted by molar-refractivity contribution is 7.88. The Labute approximate surface area is 165 Å². The summed E-state index contributed by atoms with van der Waals surface area (Å²) in [6, 6.07) is 15.3. The molecule has 2 aromatic carbocycles. The average molecular weight is 402 g/mol. The number of hydrogen-bond donors (Lipinski definition) is 0. The summed E-state index contributed by atoms with van der Waals surface area (Å²) in [5.41, 5.74) is 1.67. The van der Waals surface area contributed by atoms with Crippen molar-refractivity contribution in [3.63, 3.8) is 0 Å². The Balaban J connectivity index is 1.61. The lowest BCUT2D eigenvalue weighted by Crippen LogP contribution is -2.50. The fourth-order valence-electron chi connectivity index (χ4n) is 3.20. The third-order valence-electron chi connectivity index (χ3n) is 4.77. The molecule has 0 bridgehead atoms. The van der Waals surface area contributed by atoms with E-state index < -0.39 is 10.0 Å². The van der Waals surface area contributed by atoms with Crippen LogP contribution >= 0.6 is 0 Å². The molecule has 0 aromatic heterocycles. The van der Waals surface area contributed by atoms with Crippen molar-refractivity contribution in [2.75, 3.05) is 26.2 Å². The highest BCUT2D eigenvalue weighted by Crippen LogP contribution is 2.18. The number of piperazine rings is 1. The summed E-state index contributed by atoms with van der Waals surface area (Å²) in [5.74, 6) is -0.657. The maximum atomic E-state index is 13.9. The van der Waals surface area contributed by atoms with E-state index in [9.17, 15) is 17.6 Å². The van der Waals surface area contributed by atoms with E-state index in [0.29, 0.717) is 24.2 Å². The van der Waals surface area contributed by atoms with E-state index in [0.717, 1.165) is 5.56 Å².